The molecule has 8 heteroatoms. The van der Waals surface area contributed by atoms with Gasteiger partial charge < -0.3 is 4.57 Å². The first kappa shape index (κ1) is 16.5. The zero-order valence-electron chi connectivity index (χ0n) is 15.2. The number of imidazole rings is 1. The molecular weight excluding hydrogens is 332 g/mol. The van der Waals surface area contributed by atoms with Gasteiger partial charge in [-0.15, -0.1) is 10.2 Å². The van der Waals surface area contributed by atoms with E-state index in [9.17, 15) is 4.79 Å². The fourth-order valence-electron chi connectivity index (χ4n) is 3.25. The highest BCUT2D eigenvalue weighted by molar-refractivity contribution is 5.93. The van der Waals surface area contributed by atoms with E-state index in [1.807, 2.05) is 22.1 Å². The van der Waals surface area contributed by atoms with Gasteiger partial charge in [0.15, 0.2) is 11.5 Å². The van der Waals surface area contributed by atoms with Crippen LogP contribution in [0.4, 0.5) is 0 Å². The van der Waals surface area contributed by atoms with Crippen LogP contribution in [0.2, 0.25) is 0 Å². The molecule has 0 bridgehead atoms. The molecule has 0 atom stereocenters. The number of benzene rings is 1. The predicted octanol–water partition coefficient (Wildman–Crippen LogP) is 2.00. The van der Waals surface area contributed by atoms with Crippen molar-refractivity contribution in [2.45, 2.75) is 26.8 Å². The summed E-state index contributed by atoms with van der Waals surface area (Å²) < 4.78 is 3.97. The van der Waals surface area contributed by atoms with Crippen LogP contribution in [0.3, 0.4) is 0 Å². The number of fused-ring (bicyclic) bond motifs is 5. The minimum absolute atomic E-state index is 0.290. The molecule has 0 unspecified atom stereocenters. The van der Waals surface area contributed by atoms with Gasteiger partial charge in [0.2, 0.25) is 0 Å². The normalized spacial score (nSPS) is 12.2. The van der Waals surface area contributed by atoms with Gasteiger partial charge >= 0.3 is 0 Å². The Morgan fingerprint density at radius 2 is 2.15 bits per heavy atom. The predicted molar refractivity (Wildman–Crippen MR) is 94.9 cm³/mol. The molecule has 1 aromatic carbocycles. The first-order chi connectivity index (χ1) is 12.5. The summed E-state index contributed by atoms with van der Waals surface area (Å²) in [5, 5.41) is 9.80. The largest absolute Gasteiger partial charge is 0.305 e. The SMILES string of the molecule is CCc1ccc2c(c1)-c1nnc(C)n1Cc1c(C(=O)N(C)OC)ncn1-2. The molecule has 8 nitrogen and oxygen atoms in total. The summed E-state index contributed by atoms with van der Waals surface area (Å²) in [5.41, 5.74) is 4.29. The molecule has 1 aliphatic heterocycles. The third kappa shape index (κ3) is 2.33. The number of amides is 1. The Morgan fingerprint density at radius 3 is 2.88 bits per heavy atom. The number of hydrogen-bond donors (Lipinski definition) is 0. The molecular formula is C18H20N6O2. The summed E-state index contributed by atoms with van der Waals surface area (Å²) in [6.45, 7) is 4.49. The van der Waals surface area contributed by atoms with Crippen molar-refractivity contribution in [2.75, 3.05) is 14.2 Å². The van der Waals surface area contributed by atoms with Crippen LogP contribution in [0, 0.1) is 6.92 Å². The number of hydrogen-bond acceptors (Lipinski definition) is 5. The van der Waals surface area contributed by atoms with Gasteiger partial charge in [0.05, 0.1) is 25.0 Å². The standard InChI is InChI=1S/C18H20N6O2/c1-5-12-6-7-14-13(8-12)17-21-20-11(2)23(17)9-15-16(19-10-24(14)15)18(25)22(3)26-4/h6-8,10H,5,9H2,1-4H3. The van der Waals surface area contributed by atoms with E-state index >= 15 is 0 Å². The molecule has 3 heterocycles. The van der Waals surface area contributed by atoms with E-state index in [1.54, 1.807) is 13.4 Å². The zero-order valence-corrected chi connectivity index (χ0v) is 15.2. The fourth-order valence-corrected chi connectivity index (χ4v) is 3.25. The van der Waals surface area contributed by atoms with Crippen LogP contribution in [0.5, 0.6) is 0 Å². The Kier molecular flexibility index (Phi) is 3.84. The number of aromatic nitrogens is 5. The molecule has 0 aliphatic carbocycles. The first-order valence-corrected chi connectivity index (χ1v) is 8.47. The highest BCUT2D eigenvalue weighted by atomic mass is 16.7. The van der Waals surface area contributed by atoms with E-state index in [2.05, 4.69) is 34.2 Å². The third-order valence-electron chi connectivity index (χ3n) is 4.84. The summed E-state index contributed by atoms with van der Waals surface area (Å²) in [6, 6.07) is 6.27. The average Bonchev–Trinajstić information content (AvgIpc) is 3.21. The van der Waals surface area contributed by atoms with Gasteiger partial charge in [-0.25, -0.2) is 10.0 Å². The number of carbonyl (C=O) groups is 1. The first-order valence-electron chi connectivity index (χ1n) is 8.47. The summed E-state index contributed by atoms with van der Waals surface area (Å²) in [4.78, 5) is 22.1. The van der Waals surface area contributed by atoms with Gasteiger partial charge in [-0.1, -0.05) is 13.0 Å². The summed E-state index contributed by atoms with van der Waals surface area (Å²) >= 11 is 0. The van der Waals surface area contributed by atoms with Crippen LogP contribution in [0.1, 0.15) is 34.5 Å². The van der Waals surface area contributed by atoms with Crippen LogP contribution in [-0.2, 0) is 17.8 Å². The molecule has 0 spiro atoms. The Bertz CT molecular complexity index is 1000. The van der Waals surface area contributed by atoms with Crippen LogP contribution in [-0.4, -0.2) is 49.4 Å². The number of nitrogens with zero attached hydrogens (tertiary/aromatic N) is 6. The van der Waals surface area contributed by atoms with Crippen molar-refractivity contribution in [3.05, 3.63) is 47.3 Å². The Morgan fingerprint density at radius 1 is 1.35 bits per heavy atom. The van der Waals surface area contributed by atoms with Crippen LogP contribution >= 0.6 is 0 Å². The second-order valence-electron chi connectivity index (χ2n) is 6.26. The molecule has 4 rings (SSSR count). The van der Waals surface area contributed by atoms with Gasteiger partial charge in [0.25, 0.3) is 5.91 Å². The maximum absolute atomic E-state index is 12.7. The maximum Gasteiger partial charge on any atom is 0.297 e. The van der Waals surface area contributed by atoms with E-state index in [0.29, 0.717) is 12.2 Å². The quantitative estimate of drug-likeness (QED) is 0.527. The van der Waals surface area contributed by atoms with Crippen molar-refractivity contribution >= 4 is 5.91 Å². The molecule has 0 N–H and O–H groups in total. The number of hydroxylamine groups is 2. The van der Waals surface area contributed by atoms with Crippen LogP contribution in [0.25, 0.3) is 17.1 Å². The second kappa shape index (κ2) is 6.06. The lowest BCUT2D eigenvalue weighted by molar-refractivity contribution is -0.0761. The summed E-state index contributed by atoms with van der Waals surface area (Å²) in [5.74, 6) is 1.30. The smallest absolute Gasteiger partial charge is 0.297 e. The van der Waals surface area contributed by atoms with Gasteiger partial charge in [0.1, 0.15) is 12.2 Å². The molecule has 2 aromatic heterocycles. The van der Waals surface area contributed by atoms with Gasteiger partial charge in [-0.3, -0.25) is 14.2 Å². The summed E-state index contributed by atoms with van der Waals surface area (Å²) in [7, 11) is 3.03. The van der Waals surface area contributed by atoms with Gasteiger partial charge in [0, 0.05) is 12.6 Å². The van der Waals surface area contributed by atoms with Crippen molar-refractivity contribution < 1.29 is 9.63 Å². The van der Waals surface area contributed by atoms with Crippen molar-refractivity contribution in [3.63, 3.8) is 0 Å². The van der Waals surface area contributed by atoms with E-state index in [-0.39, 0.29) is 5.91 Å². The Hall–Kier alpha value is -3.00. The maximum atomic E-state index is 12.7. The third-order valence-corrected chi connectivity index (χ3v) is 4.84. The van der Waals surface area contributed by atoms with Crippen LogP contribution in [0.15, 0.2) is 24.5 Å². The fraction of sp³-hybridized carbons (Fsp3) is 0.333. The Balaban J connectivity index is 1.98. The second-order valence-corrected chi connectivity index (χ2v) is 6.26. The lowest BCUT2D eigenvalue weighted by atomic mass is 10.1. The average molecular weight is 352 g/mol. The minimum Gasteiger partial charge on any atom is -0.305 e. The van der Waals surface area contributed by atoms with Gasteiger partial charge in [-0.05, 0) is 31.0 Å². The molecule has 134 valence electrons. The highest BCUT2D eigenvalue weighted by Crippen LogP contribution is 2.33. The van der Waals surface area contributed by atoms with Gasteiger partial charge in [-0.2, -0.15) is 0 Å². The summed E-state index contributed by atoms with van der Waals surface area (Å²) in [6.07, 6.45) is 2.62. The number of carbonyl (C=O) groups excluding carboxylic acids is 1. The van der Waals surface area contributed by atoms with E-state index in [4.69, 9.17) is 4.84 Å². The molecule has 3 aromatic rings. The van der Waals surface area contributed by atoms with Crippen molar-refractivity contribution in [2.24, 2.45) is 0 Å². The molecule has 26 heavy (non-hydrogen) atoms. The number of rotatable bonds is 3. The number of aryl methyl sites for hydroxylation is 2. The van der Waals surface area contributed by atoms with Crippen LogP contribution < -0.4 is 0 Å². The molecule has 1 amide bonds. The molecule has 0 fully saturated rings. The molecule has 0 saturated heterocycles. The lowest BCUT2D eigenvalue weighted by Crippen LogP contribution is -2.27. The lowest BCUT2D eigenvalue weighted by Gasteiger charge is -2.14. The minimum atomic E-state index is -0.290. The highest BCUT2D eigenvalue weighted by Gasteiger charge is 2.28. The monoisotopic (exact) mass is 352 g/mol. The molecule has 0 radical (unpaired) electrons. The van der Waals surface area contributed by atoms with Crippen molar-refractivity contribution in [1.29, 1.82) is 0 Å². The van der Waals surface area contributed by atoms with Crippen molar-refractivity contribution in [1.82, 2.24) is 29.4 Å². The van der Waals surface area contributed by atoms with Crippen molar-refractivity contribution in [3.8, 4) is 17.1 Å². The van der Waals surface area contributed by atoms with E-state index in [0.717, 1.165) is 35.0 Å². The van der Waals surface area contributed by atoms with E-state index < -0.39 is 0 Å². The Labute approximate surface area is 151 Å². The molecule has 0 saturated carbocycles. The zero-order chi connectivity index (χ0) is 18.4. The topological polar surface area (TPSA) is 78.1 Å². The molecule has 1 aliphatic rings. The van der Waals surface area contributed by atoms with E-state index in [1.165, 1.54) is 17.7 Å².